The van der Waals surface area contributed by atoms with Crippen LogP contribution in [0.3, 0.4) is 0 Å². The molecule has 1 aromatic carbocycles. The topological polar surface area (TPSA) is 30.5 Å². The van der Waals surface area contributed by atoms with E-state index in [0.717, 1.165) is 24.6 Å². The quantitative estimate of drug-likeness (QED) is 0.780. The highest BCUT2D eigenvalue weighted by Gasteiger charge is 2.40. The van der Waals surface area contributed by atoms with E-state index in [2.05, 4.69) is 24.4 Å². The second-order valence-corrected chi connectivity index (χ2v) is 5.57. The van der Waals surface area contributed by atoms with E-state index in [0.29, 0.717) is 5.41 Å². The van der Waals surface area contributed by atoms with Crippen LogP contribution in [0.2, 0.25) is 0 Å². The molecule has 3 heteroatoms. The van der Waals surface area contributed by atoms with Crippen molar-refractivity contribution in [2.45, 2.75) is 39.2 Å². The van der Waals surface area contributed by atoms with Crippen LogP contribution in [0, 0.1) is 5.41 Å². The Morgan fingerprint density at radius 2 is 1.74 bits per heavy atom. The first-order valence-electron chi connectivity index (χ1n) is 7.14. The smallest absolute Gasteiger partial charge is 0.122 e. The minimum Gasteiger partial charge on any atom is -0.497 e. The van der Waals surface area contributed by atoms with E-state index in [9.17, 15) is 0 Å². The van der Waals surface area contributed by atoms with Crippen molar-refractivity contribution in [1.82, 2.24) is 5.32 Å². The molecule has 106 valence electrons. The van der Waals surface area contributed by atoms with Gasteiger partial charge < -0.3 is 14.8 Å². The first kappa shape index (κ1) is 14.2. The van der Waals surface area contributed by atoms with Crippen molar-refractivity contribution in [2.75, 3.05) is 20.8 Å². The van der Waals surface area contributed by atoms with Gasteiger partial charge in [0.15, 0.2) is 0 Å². The molecular formula is C16H25NO2. The maximum atomic E-state index is 5.29. The van der Waals surface area contributed by atoms with Crippen LogP contribution in [0.1, 0.15) is 38.2 Å². The van der Waals surface area contributed by atoms with Crippen LogP contribution in [-0.4, -0.2) is 20.8 Å². The molecule has 0 aliphatic heterocycles. The monoisotopic (exact) mass is 263 g/mol. The molecule has 0 spiro atoms. The number of ether oxygens (including phenoxy) is 2. The van der Waals surface area contributed by atoms with Gasteiger partial charge in [0.05, 0.1) is 14.2 Å². The summed E-state index contributed by atoms with van der Waals surface area (Å²) in [6.07, 6.45) is 5.40. The number of rotatable bonds is 8. The van der Waals surface area contributed by atoms with Gasteiger partial charge in [0.25, 0.3) is 0 Å². The van der Waals surface area contributed by atoms with Crippen LogP contribution in [0.5, 0.6) is 11.5 Å². The summed E-state index contributed by atoms with van der Waals surface area (Å²) in [6.45, 7) is 4.27. The van der Waals surface area contributed by atoms with Crippen molar-refractivity contribution in [3.8, 4) is 11.5 Å². The first-order valence-corrected chi connectivity index (χ1v) is 7.14. The fraction of sp³-hybridized carbons (Fsp3) is 0.625. The highest BCUT2D eigenvalue weighted by Crippen LogP contribution is 2.48. The average Bonchev–Trinajstić information content (AvgIpc) is 3.18. The van der Waals surface area contributed by atoms with Gasteiger partial charge >= 0.3 is 0 Å². The van der Waals surface area contributed by atoms with Crippen LogP contribution in [-0.2, 0) is 6.54 Å². The second-order valence-electron chi connectivity index (χ2n) is 5.57. The normalized spacial score (nSPS) is 16.2. The van der Waals surface area contributed by atoms with E-state index < -0.39 is 0 Å². The molecule has 1 aliphatic carbocycles. The minimum absolute atomic E-state index is 0.595. The Morgan fingerprint density at radius 1 is 1.11 bits per heavy atom. The van der Waals surface area contributed by atoms with Gasteiger partial charge in [-0.25, -0.2) is 0 Å². The molecule has 0 radical (unpaired) electrons. The molecule has 1 aromatic rings. The molecule has 0 aromatic heterocycles. The lowest BCUT2D eigenvalue weighted by molar-refractivity contribution is 0.391. The summed E-state index contributed by atoms with van der Waals surface area (Å²) in [7, 11) is 3.37. The van der Waals surface area contributed by atoms with E-state index in [1.165, 1.54) is 31.2 Å². The van der Waals surface area contributed by atoms with Gasteiger partial charge in [-0.2, -0.15) is 0 Å². The van der Waals surface area contributed by atoms with E-state index in [1.807, 2.05) is 6.07 Å². The van der Waals surface area contributed by atoms with Gasteiger partial charge in [-0.3, -0.25) is 0 Å². The van der Waals surface area contributed by atoms with Gasteiger partial charge in [-0.15, -0.1) is 0 Å². The van der Waals surface area contributed by atoms with E-state index in [1.54, 1.807) is 14.2 Å². The van der Waals surface area contributed by atoms with Crippen molar-refractivity contribution in [3.63, 3.8) is 0 Å². The molecule has 0 heterocycles. The number of methoxy groups -OCH3 is 2. The highest BCUT2D eigenvalue weighted by molar-refractivity contribution is 5.38. The summed E-state index contributed by atoms with van der Waals surface area (Å²) in [5, 5.41) is 3.58. The summed E-state index contributed by atoms with van der Waals surface area (Å²) < 4.78 is 10.6. The summed E-state index contributed by atoms with van der Waals surface area (Å²) >= 11 is 0. The van der Waals surface area contributed by atoms with Crippen LogP contribution < -0.4 is 14.8 Å². The van der Waals surface area contributed by atoms with Gasteiger partial charge in [-0.1, -0.05) is 13.3 Å². The Kier molecular flexibility index (Phi) is 4.70. The zero-order valence-electron chi connectivity index (χ0n) is 12.3. The molecule has 1 N–H and O–H groups in total. The molecule has 0 bridgehead atoms. The molecule has 1 fully saturated rings. The molecular weight excluding hydrogens is 238 g/mol. The van der Waals surface area contributed by atoms with Crippen molar-refractivity contribution >= 4 is 0 Å². The molecule has 0 unspecified atom stereocenters. The van der Waals surface area contributed by atoms with E-state index in [-0.39, 0.29) is 0 Å². The fourth-order valence-electron chi connectivity index (χ4n) is 2.66. The Hall–Kier alpha value is -1.22. The Bertz CT molecular complexity index is 391. The van der Waals surface area contributed by atoms with E-state index in [4.69, 9.17) is 9.47 Å². The molecule has 2 rings (SSSR count). The number of hydrogen-bond donors (Lipinski definition) is 1. The molecule has 3 nitrogen and oxygen atoms in total. The fourth-order valence-corrected chi connectivity index (χ4v) is 2.66. The maximum absolute atomic E-state index is 5.29. The largest absolute Gasteiger partial charge is 0.497 e. The Morgan fingerprint density at radius 3 is 2.21 bits per heavy atom. The predicted octanol–water partition coefficient (Wildman–Crippen LogP) is 3.37. The molecule has 0 saturated heterocycles. The molecule has 1 aliphatic rings. The number of benzene rings is 1. The summed E-state index contributed by atoms with van der Waals surface area (Å²) in [5.74, 6) is 1.71. The lowest BCUT2D eigenvalue weighted by Crippen LogP contribution is -2.23. The first-order chi connectivity index (χ1) is 9.21. The molecule has 0 atom stereocenters. The Balaban J connectivity index is 1.88. The number of hydrogen-bond acceptors (Lipinski definition) is 3. The van der Waals surface area contributed by atoms with Crippen molar-refractivity contribution in [3.05, 3.63) is 23.8 Å². The Labute approximate surface area is 116 Å². The van der Waals surface area contributed by atoms with Gasteiger partial charge in [-0.05, 0) is 42.4 Å². The van der Waals surface area contributed by atoms with Gasteiger partial charge in [0.2, 0.25) is 0 Å². The second kappa shape index (κ2) is 6.29. The molecule has 0 amide bonds. The molecule has 1 saturated carbocycles. The van der Waals surface area contributed by atoms with Crippen LogP contribution in [0.15, 0.2) is 18.2 Å². The van der Waals surface area contributed by atoms with Crippen molar-refractivity contribution in [1.29, 1.82) is 0 Å². The average molecular weight is 263 g/mol. The zero-order chi connectivity index (χ0) is 13.7. The van der Waals surface area contributed by atoms with Crippen LogP contribution in [0.4, 0.5) is 0 Å². The summed E-state index contributed by atoms with van der Waals surface area (Å²) in [6, 6.07) is 6.03. The highest BCUT2D eigenvalue weighted by atomic mass is 16.5. The minimum atomic E-state index is 0.595. The summed E-state index contributed by atoms with van der Waals surface area (Å²) in [4.78, 5) is 0. The molecule has 19 heavy (non-hydrogen) atoms. The number of nitrogens with one attached hydrogen (secondary N) is 1. The third-order valence-corrected chi connectivity index (χ3v) is 3.98. The van der Waals surface area contributed by atoms with Crippen LogP contribution in [0.25, 0.3) is 0 Å². The standard InChI is InChI=1S/C16H25NO2/c1-4-5-16(6-7-16)12-17-11-13-8-14(18-2)10-15(9-13)19-3/h8-10,17H,4-7,11-12H2,1-3H3. The lowest BCUT2D eigenvalue weighted by atomic mass is 10.0. The summed E-state index contributed by atoms with van der Waals surface area (Å²) in [5.41, 5.74) is 1.81. The maximum Gasteiger partial charge on any atom is 0.122 e. The SMILES string of the molecule is CCCC1(CNCc2cc(OC)cc(OC)c2)CC1. The van der Waals surface area contributed by atoms with E-state index >= 15 is 0 Å². The van der Waals surface area contributed by atoms with Crippen molar-refractivity contribution < 1.29 is 9.47 Å². The van der Waals surface area contributed by atoms with Gasteiger partial charge in [0, 0.05) is 19.2 Å². The third-order valence-electron chi connectivity index (χ3n) is 3.98. The lowest BCUT2D eigenvalue weighted by Gasteiger charge is -2.15. The third kappa shape index (κ3) is 3.87. The van der Waals surface area contributed by atoms with Crippen LogP contribution >= 0.6 is 0 Å². The predicted molar refractivity (Wildman–Crippen MR) is 77.8 cm³/mol. The van der Waals surface area contributed by atoms with Crippen molar-refractivity contribution in [2.24, 2.45) is 5.41 Å². The zero-order valence-corrected chi connectivity index (χ0v) is 12.3. The van der Waals surface area contributed by atoms with Gasteiger partial charge in [0.1, 0.15) is 11.5 Å².